The number of rotatable bonds is 2. The first kappa shape index (κ1) is 11.5. The Labute approximate surface area is 98.0 Å². The number of hydrogen-bond acceptors (Lipinski definition) is 4. The van der Waals surface area contributed by atoms with Crippen LogP contribution in [0.4, 0.5) is 10.2 Å². The molecule has 0 saturated carbocycles. The maximum atomic E-state index is 12.8. The van der Waals surface area contributed by atoms with Gasteiger partial charge < -0.3 is 10.8 Å². The van der Waals surface area contributed by atoms with E-state index in [0.717, 1.165) is 6.20 Å². The average Bonchev–Trinajstić information content (AvgIpc) is 2.30. The Balaban J connectivity index is 2.49. The van der Waals surface area contributed by atoms with Crippen molar-refractivity contribution < 1.29 is 9.50 Å². The molecule has 2 heterocycles. The summed E-state index contributed by atoms with van der Waals surface area (Å²) in [6.45, 7) is 1.54. The summed E-state index contributed by atoms with van der Waals surface area (Å²) in [5.74, 6) is -0.229. The van der Waals surface area contributed by atoms with Crippen LogP contribution in [0.25, 0.3) is 0 Å². The third-order valence-electron chi connectivity index (χ3n) is 2.59. The lowest BCUT2D eigenvalue weighted by atomic mass is 9.92. The zero-order chi connectivity index (χ0) is 12.5. The van der Waals surface area contributed by atoms with Gasteiger partial charge >= 0.3 is 0 Å². The molecule has 0 aliphatic rings. The number of pyridine rings is 2. The minimum absolute atomic E-state index is 0.226. The molecule has 0 aliphatic heterocycles. The van der Waals surface area contributed by atoms with Gasteiger partial charge in [-0.25, -0.2) is 9.37 Å². The normalized spacial score (nSPS) is 14.3. The van der Waals surface area contributed by atoms with E-state index in [4.69, 9.17) is 5.73 Å². The molecule has 0 radical (unpaired) electrons. The molecule has 2 rings (SSSR count). The summed E-state index contributed by atoms with van der Waals surface area (Å²) < 4.78 is 12.8. The third-order valence-corrected chi connectivity index (χ3v) is 2.59. The Hall–Kier alpha value is -2.01. The Morgan fingerprint density at radius 3 is 2.65 bits per heavy atom. The van der Waals surface area contributed by atoms with Crippen LogP contribution in [0.15, 0.2) is 36.7 Å². The first-order valence-electron chi connectivity index (χ1n) is 5.07. The number of aromatic nitrogens is 2. The van der Waals surface area contributed by atoms with Crippen LogP contribution >= 0.6 is 0 Å². The molecule has 1 atom stereocenters. The molecule has 0 fully saturated rings. The van der Waals surface area contributed by atoms with Crippen molar-refractivity contribution in [1.82, 2.24) is 9.97 Å². The summed E-state index contributed by atoms with van der Waals surface area (Å²) in [4.78, 5) is 7.76. The lowest BCUT2D eigenvalue weighted by Gasteiger charge is -2.23. The van der Waals surface area contributed by atoms with Crippen molar-refractivity contribution in [2.75, 3.05) is 5.73 Å². The molecule has 3 N–H and O–H groups in total. The van der Waals surface area contributed by atoms with E-state index in [9.17, 15) is 9.50 Å². The van der Waals surface area contributed by atoms with Gasteiger partial charge in [-0.05, 0) is 25.1 Å². The molecule has 88 valence electrons. The molecule has 0 bridgehead atoms. The zero-order valence-corrected chi connectivity index (χ0v) is 9.26. The molecular weight excluding hydrogens is 221 g/mol. The topological polar surface area (TPSA) is 72.0 Å². The van der Waals surface area contributed by atoms with Gasteiger partial charge in [-0.3, -0.25) is 4.98 Å². The van der Waals surface area contributed by atoms with Gasteiger partial charge in [0.25, 0.3) is 0 Å². The van der Waals surface area contributed by atoms with Gasteiger partial charge in [0.2, 0.25) is 0 Å². The minimum Gasteiger partial charge on any atom is -0.383 e. The quantitative estimate of drug-likeness (QED) is 0.823. The van der Waals surface area contributed by atoms with Crippen molar-refractivity contribution in [2.24, 2.45) is 0 Å². The Morgan fingerprint density at radius 2 is 2.06 bits per heavy atom. The van der Waals surface area contributed by atoms with Gasteiger partial charge in [0.1, 0.15) is 17.2 Å². The number of nitrogens with two attached hydrogens (primary N) is 1. The van der Waals surface area contributed by atoms with Gasteiger partial charge in [0, 0.05) is 11.8 Å². The monoisotopic (exact) mass is 233 g/mol. The minimum atomic E-state index is -1.40. The third kappa shape index (κ3) is 2.09. The number of halogens is 1. The molecule has 0 saturated heterocycles. The lowest BCUT2D eigenvalue weighted by Crippen LogP contribution is -2.26. The molecule has 17 heavy (non-hydrogen) atoms. The van der Waals surface area contributed by atoms with E-state index < -0.39 is 11.4 Å². The highest BCUT2D eigenvalue weighted by Crippen LogP contribution is 2.30. The summed E-state index contributed by atoms with van der Waals surface area (Å²) in [7, 11) is 0. The smallest absolute Gasteiger partial charge is 0.141 e. The number of hydrogen-bond donors (Lipinski definition) is 2. The second kappa shape index (κ2) is 4.10. The van der Waals surface area contributed by atoms with Crippen molar-refractivity contribution in [2.45, 2.75) is 12.5 Å². The second-order valence-electron chi connectivity index (χ2n) is 3.87. The van der Waals surface area contributed by atoms with E-state index in [1.54, 1.807) is 19.1 Å². The highest BCUT2D eigenvalue weighted by molar-refractivity contribution is 5.46. The first-order chi connectivity index (χ1) is 8.01. The second-order valence-corrected chi connectivity index (χ2v) is 3.87. The van der Waals surface area contributed by atoms with E-state index >= 15 is 0 Å². The van der Waals surface area contributed by atoms with Crippen molar-refractivity contribution in [3.8, 4) is 0 Å². The van der Waals surface area contributed by atoms with Gasteiger partial charge in [-0.1, -0.05) is 6.07 Å². The van der Waals surface area contributed by atoms with Crippen LogP contribution in [0, 0.1) is 5.82 Å². The van der Waals surface area contributed by atoms with E-state index in [1.165, 1.54) is 18.3 Å². The molecule has 0 aliphatic carbocycles. The molecule has 0 spiro atoms. The molecule has 1 unspecified atom stereocenters. The predicted octanol–water partition coefficient (Wildman–Crippen LogP) is 1.45. The van der Waals surface area contributed by atoms with E-state index in [1.807, 2.05) is 0 Å². The molecule has 2 aromatic rings. The van der Waals surface area contributed by atoms with E-state index in [2.05, 4.69) is 9.97 Å². The molecule has 4 nitrogen and oxygen atoms in total. The standard InChI is InChI=1S/C12H12FN3O/c1-12(17,9-3-2-6-15-11(9)14)10-5-4-8(13)7-16-10/h2-7,17H,1H3,(H2,14,15). The maximum Gasteiger partial charge on any atom is 0.141 e. The Bertz CT molecular complexity index is 526. The highest BCUT2D eigenvalue weighted by Gasteiger charge is 2.29. The van der Waals surface area contributed by atoms with Gasteiger partial charge in [-0.15, -0.1) is 0 Å². The average molecular weight is 233 g/mol. The van der Waals surface area contributed by atoms with Gasteiger partial charge in [0.05, 0.1) is 11.9 Å². The van der Waals surface area contributed by atoms with Gasteiger partial charge in [-0.2, -0.15) is 0 Å². The van der Waals surface area contributed by atoms with E-state index in [0.29, 0.717) is 11.3 Å². The van der Waals surface area contributed by atoms with Crippen LogP contribution in [-0.4, -0.2) is 15.1 Å². The summed E-state index contributed by atoms with van der Waals surface area (Å²) in [5.41, 5.74) is 5.07. The Morgan fingerprint density at radius 1 is 1.29 bits per heavy atom. The largest absolute Gasteiger partial charge is 0.383 e. The van der Waals surface area contributed by atoms with E-state index in [-0.39, 0.29) is 5.82 Å². The number of anilines is 1. The summed E-state index contributed by atoms with van der Waals surface area (Å²) in [6, 6.07) is 5.99. The highest BCUT2D eigenvalue weighted by atomic mass is 19.1. The number of nitrogens with zero attached hydrogens (tertiary/aromatic N) is 2. The molecule has 0 aromatic carbocycles. The maximum absolute atomic E-state index is 12.8. The zero-order valence-electron chi connectivity index (χ0n) is 9.26. The lowest BCUT2D eigenvalue weighted by molar-refractivity contribution is 0.0977. The first-order valence-corrected chi connectivity index (χ1v) is 5.07. The van der Waals surface area contributed by atoms with Crippen LogP contribution in [0.3, 0.4) is 0 Å². The van der Waals surface area contributed by atoms with Crippen molar-refractivity contribution in [3.63, 3.8) is 0 Å². The summed E-state index contributed by atoms with van der Waals surface area (Å²) in [5, 5.41) is 10.4. The fourth-order valence-corrected chi connectivity index (χ4v) is 1.63. The molecule has 2 aromatic heterocycles. The fraction of sp³-hybridized carbons (Fsp3) is 0.167. The number of nitrogen functional groups attached to an aromatic ring is 1. The van der Waals surface area contributed by atoms with Crippen molar-refractivity contribution >= 4 is 5.82 Å². The molecule has 5 heteroatoms. The fourth-order valence-electron chi connectivity index (χ4n) is 1.63. The summed E-state index contributed by atoms with van der Waals surface area (Å²) in [6.07, 6.45) is 2.59. The van der Waals surface area contributed by atoms with Crippen LogP contribution in [0.5, 0.6) is 0 Å². The molecular formula is C12H12FN3O. The van der Waals surface area contributed by atoms with Crippen LogP contribution in [0.2, 0.25) is 0 Å². The van der Waals surface area contributed by atoms with Crippen molar-refractivity contribution in [3.05, 3.63) is 53.7 Å². The van der Waals surface area contributed by atoms with Crippen molar-refractivity contribution in [1.29, 1.82) is 0 Å². The SMILES string of the molecule is CC(O)(c1ccc(F)cn1)c1cccnc1N. The molecule has 0 amide bonds. The number of aliphatic hydroxyl groups is 1. The van der Waals surface area contributed by atoms with Gasteiger partial charge in [0.15, 0.2) is 0 Å². The van der Waals surface area contributed by atoms with Crippen LogP contribution < -0.4 is 5.73 Å². The van der Waals surface area contributed by atoms with Crippen LogP contribution in [0.1, 0.15) is 18.2 Å². The predicted molar refractivity (Wildman–Crippen MR) is 61.5 cm³/mol. The Kier molecular flexibility index (Phi) is 2.77. The van der Waals surface area contributed by atoms with Crippen LogP contribution in [-0.2, 0) is 5.60 Å². The summed E-state index contributed by atoms with van der Waals surface area (Å²) >= 11 is 0.